The van der Waals surface area contributed by atoms with Crippen LogP contribution in [0.2, 0.25) is 0 Å². The zero-order valence-electron chi connectivity index (χ0n) is 10.7. The Bertz CT molecular complexity index is 389. The normalized spacial score (nSPS) is 22.9. The molecule has 0 amide bonds. The van der Waals surface area contributed by atoms with E-state index in [9.17, 15) is 0 Å². The van der Waals surface area contributed by atoms with Gasteiger partial charge in [-0.3, -0.25) is 4.68 Å². The Hall–Kier alpha value is -1.07. The third-order valence-electron chi connectivity index (χ3n) is 4.36. The fourth-order valence-corrected chi connectivity index (χ4v) is 3.35. The predicted molar refractivity (Wildman–Crippen MR) is 70.5 cm³/mol. The van der Waals surface area contributed by atoms with Crippen LogP contribution in [0.15, 0.2) is 12.4 Å². The standard InChI is InChI=1S/C13H22N4O/c18-6-5-17-10-12(9-15-17)16-11-7-13(8-11)1-3-14-4-2-13/h9-11,14,16,18H,1-8H2. The SMILES string of the molecule is OCCn1cc(NC2CC3(CCNCC3)C2)cn1. The first-order valence-electron chi connectivity index (χ1n) is 6.90. The molecule has 1 aliphatic carbocycles. The van der Waals surface area contributed by atoms with Crippen LogP contribution in [0.1, 0.15) is 25.7 Å². The van der Waals surface area contributed by atoms with Crippen molar-refractivity contribution in [1.82, 2.24) is 15.1 Å². The largest absolute Gasteiger partial charge is 0.394 e. The van der Waals surface area contributed by atoms with Gasteiger partial charge in [-0.15, -0.1) is 0 Å². The van der Waals surface area contributed by atoms with Crippen molar-refractivity contribution in [3.8, 4) is 0 Å². The van der Waals surface area contributed by atoms with E-state index in [1.165, 1.54) is 38.8 Å². The van der Waals surface area contributed by atoms with Crippen molar-refractivity contribution >= 4 is 5.69 Å². The van der Waals surface area contributed by atoms with Crippen LogP contribution in [-0.4, -0.2) is 40.6 Å². The summed E-state index contributed by atoms with van der Waals surface area (Å²) in [4.78, 5) is 0. The van der Waals surface area contributed by atoms with E-state index in [4.69, 9.17) is 5.11 Å². The van der Waals surface area contributed by atoms with Gasteiger partial charge in [-0.25, -0.2) is 0 Å². The highest BCUT2D eigenvalue weighted by Crippen LogP contribution is 2.48. The van der Waals surface area contributed by atoms with E-state index in [2.05, 4.69) is 15.7 Å². The van der Waals surface area contributed by atoms with E-state index < -0.39 is 0 Å². The van der Waals surface area contributed by atoms with Crippen LogP contribution in [-0.2, 0) is 6.54 Å². The van der Waals surface area contributed by atoms with E-state index in [0.29, 0.717) is 18.0 Å². The topological polar surface area (TPSA) is 62.1 Å². The first-order chi connectivity index (χ1) is 8.80. The van der Waals surface area contributed by atoms with Crippen LogP contribution in [0.4, 0.5) is 5.69 Å². The fourth-order valence-electron chi connectivity index (χ4n) is 3.35. The van der Waals surface area contributed by atoms with Gasteiger partial charge in [0.05, 0.1) is 25.0 Å². The summed E-state index contributed by atoms with van der Waals surface area (Å²) < 4.78 is 1.78. The van der Waals surface area contributed by atoms with E-state index >= 15 is 0 Å². The number of anilines is 1. The Morgan fingerprint density at radius 1 is 1.44 bits per heavy atom. The maximum Gasteiger partial charge on any atom is 0.0728 e. The Kier molecular flexibility index (Phi) is 3.26. The number of hydrogen-bond acceptors (Lipinski definition) is 4. The Labute approximate surface area is 108 Å². The number of piperidine rings is 1. The third-order valence-corrected chi connectivity index (χ3v) is 4.36. The Balaban J connectivity index is 1.49. The zero-order valence-corrected chi connectivity index (χ0v) is 10.7. The summed E-state index contributed by atoms with van der Waals surface area (Å²) in [7, 11) is 0. The lowest BCUT2D eigenvalue weighted by atomic mass is 9.60. The van der Waals surface area contributed by atoms with Gasteiger partial charge in [0.25, 0.3) is 0 Å². The molecule has 0 bridgehead atoms. The molecule has 3 N–H and O–H groups in total. The molecule has 0 atom stereocenters. The summed E-state index contributed by atoms with van der Waals surface area (Å²) in [6.07, 6.45) is 9.07. The van der Waals surface area contributed by atoms with Gasteiger partial charge in [0.2, 0.25) is 0 Å². The molecule has 5 heteroatoms. The second-order valence-corrected chi connectivity index (χ2v) is 5.72. The average molecular weight is 250 g/mol. The molecule has 1 aromatic heterocycles. The molecule has 18 heavy (non-hydrogen) atoms. The van der Waals surface area contributed by atoms with Crippen molar-refractivity contribution in [2.75, 3.05) is 25.0 Å². The predicted octanol–water partition coefficient (Wildman–Crippen LogP) is 0.819. The van der Waals surface area contributed by atoms with Crippen molar-refractivity contribution in [2.24, 2.45) is 5.41 Å². The van der Waals surface area contributed by atoms with Gasteiger partial charge in [-0.2, -0.15) is 5.10 Å². The second kappa shape index (κ2) is 4.90. The van der Waals surface area contributed by atoms with Gasteiger partial charge in [-0.05, 0) is 44.2 Å². The van der Waals surface area contributed by atoms with Crippen LogP contribution < -0.4 is 10.6 Å². The Morgan fingerprint density at radius 2 is 2.22 bits per heavy atom. The highest BCUT2D eigenvalue weighted by atomic mass is 16.3. The summed E-state index contributed by atoms with van der Waals surface area (Å²) in [5, 5.41) is 20.0. The van der Waals surface area contributed by atoms with Crippen LogP contribution in [0.25, 0.3) is 0 Å². The minimum atomic E-state index is 0.140. The summed E-state index contributed by atoms with van der Waals surface area (Å²) in [5.41, 5.74) is 1.70. The molecular weight excluding hydrogens is 228 g/mol. The molecule has 2 heterocycles. The van der Waals surface area contributed by atoms with Gasteiger partial charge in [0, 0.05) is 12.2 Å². The van der Waals surface area contributed by atoms with Crippen LogP contribution in [0.3, 0.4) is 0 Å². The molecule has 100 valence electrons. The number of aromatic nitrogens is 2. The van der Waals surface area contributed by atoms with Gasteiger partial charge in [0.1, 0.15) is 0 Å². The average Bonchev–Trinajstić information content (AvgIpc) is 2.77. The highest BCUT2D eigenvalue weighted by Gasteiger charge is 2.44. The maximum atomic E-state index is 8.85. The molecule has 5 nitrogen and oxygen atoms in total. The Morgan fingerprint density at radius 3 is 2.94 bits per heavy atom. The molecule has 0 radical (unpaired) electrons. The molecule has 1 saturated carbocycles. The van der Waals surface area contributed by atoms with Gasteiger partial charge >= 0.3 is 0 Å². The summed E-state index contributed by atoms with van der Waals surface area (Å²) >= 11 is 0. The first-order valence-corrected chi connectivity index (χ1v) is 6.90. The van der Waals surface area contributed by atoms with E-state index in [1.54, 1.807) is 4.68 Å². The van der Waals surface area contributed by atoms with E-state index in [1.807, 2.05) is 12.4 Å². The van der Waals surface area contributed by atoms with E-state index in [0.717, 1.165) is 5.69 Å². The smallest absolute Gasteiger partial charge is 0.0728 e. The number of aliphatic hydroxyl groups excluding tert-OH is 1. The number of nitrogens with zero attached hydrogens (tertiary/aromatic N) is 2. The molecule has 1 spiro atoms. The molecule has 1 aromatic rings. The van der Waals surface area contributed by atoms with Crippen LogP contribution in [0.5, 0.6) is 0 Å². The lowest BCUT2D eigenvalue weighted by Crippen LogP contribution is -2.50. The highest BCUT2D eigenvalue weighted by molar-refractivity contribution is 5.40. The minimum absolute atomic E-state index is 0.140. The molecule has 3 rings (SSSR count). The maximum absolute atomic E-state index is 8.85. The zero-order chi connectivity index (χ0) is 12.4. The van der Waals surface area contributed by atoms with Crippen molar-refractivity contribution < 1.29 is 5.11 Å². The lowest BCUT2D eigenvalue weighted by Gasteiger charge is -2.50. The first kappa shape index (κ1) is 12.0. The molecule has 0 unspecified atom stereocenters. The van der Waals surface area contributed by atoms with Crippen molar-refractivity contribution in [3.63, 3.8) is 0 Å². The molecule has 0 aromatic carbocycles. The number of nitrogens with one attached hydrogen (secondary N) is 2. The molecule has 1 aliphatic heterocycles. The quantitative estimate of drug-likeness (QED) is 0.740. The fraction of sp³-hybridized carbons (Fsp3) is 0.769. The van der Waals surface area contributed by atoms with Crippen LogP contribution >= 0.6 is 0 Å². The lowest BCUT2D eigenvalue weighted by molar-refractivity contribution is 0.0718. The molecule has 2 aliphatic rings. The van der Waals surface area contributed by atoms with Crippen molar-refractivity contribution in [3.05, 3.63) is 12.4 Å². The van der Waals surface area contributed by atoms with Crippen LogP contribution in [0, 0.1) is 5.41 Å². The molecule has 2 fully saturated rings. The van der Waals surface area contributed by atoms with Gasteiger partial charge in [-0.1, -0.05) is 0 Å². The van der Waals surface area contributed by atoms with Crippen molar-refractivity contribution in [1.29, 1.82) is 0 Å². The summed E-state index contributed by atoms with van der Waals surface area (Å²) in [6, 6.07) is 0.606. The minimum Gasteiger partial charge on any atom is -0.394 e. The number of aliphatic hydroxyl groups is 1. The number of hydrogen-bond donors (Lipinski definition) is 3. The van der Waals surface area contributed by atoms with Gasteiger partial charge in [0.15, 0.2) is 0 Å². The number of rotatable bonds is 4. The van der Waals surface area contributed by atoms with Crippen molar-refractivity contribution in [2.45, 2.75) is 38.3 Å². The third kappa shape index (κ3) is 2.37. The van der Waals surface area contributed by atoms with E-state index in [-0.39, 0.29) is 6.61 Å². The molecule has 1 saturated heterocycles. The summed E-state index contributed by atoms with van der Waals surface area (Å²) in [5.74, 6) is 0. The second-order valence-electron chi connectivity index (χ2n) is 5.72. The summed E-state index contributed by atoms with van der Waals surface area (Å²) in [6.45, 7) is 3.07. The molecular formula is C13H22N4O. The monoisotopic (exact) mass is 250 g/mol. The van der Waals surface area contributed by atoms with Gasteiger partial charge < -0.3 is 15.7 Å².